The molecule has 1 aromatic carbocycles. The Kier molecular flexibility index (Phi) is 5.67. The van der Waals surface area contributed by atoms with Crippen molar-refractivity contribution in [1.82, 2.24) is 0 Å². The van der Waals surface area contributed by atoms with Crippen molar-refractivity contribution in [2.45, 2.75) is 13.8 Å². The number of hydrogen-bond acceptors (Lipinski definition) is 4. The second-order valence-electron chi connectivity index (χ2n) is 3.15. The fraction of sp³-hybridized carbons (Fsp3) is 0.455. The lowest BCUT2D eigenvalue weighted by atomic mass is 10.3. The van der Waals surface area contributed by atoms with Crippen LogP contribution in [0.2, 0.25) is 0 Å². The van der Waals surface area contributed by atoms with Crippen LogP contribution in [0.15, 0.2) is 22.7 Å². The Morgan fingerprint density at radius 1 is 1.24 bits per heavy atom. The predicted molar refractivity (Wildman–Crippen MR) is 71.2 cm³/mol. The van der Waals surface area contributed by atoms with Crippen LogP contribution in [0.3, 0.4) is 0 Å². The topological polar surface area (TPSA) is 44.8 Å². The van der Waals surface area contributed by atoms with E-state index in [1.165, 1.54) is 0 Å². The van der Waals surface area contributed by atoms with E-state index in [9.17, 15) is 4.57 Å². The van der Waals surface area contributed by atoms with Crippen molar-refractivity contribution in [1.29, 1.82) is 0 Å². The van der Waals surface area contributed by atoms with Crippen LogP contribution in [0.5, 0.6) is 5.75 Å². The highest BCUT2D eigenvalue weighted by atomic mass is 79.9. The van der Waals surface area contributed by atoms with Crippen molar-refractivity contribution in [3.63, 3.8) is 0 Å². The van der Waals surface area contributed by atoms with Gasteiger partial charge in [-0.05, 0) is 48.0 Å². The van der Waals surface area contributed by atoms with Crippen molar-refractivity contribution in [2.24, 2.45) is 0 Å². The summed E-state index contributed by atoms with van der Waals surface area (Å²) in [4.78, 5) is 0. The number of methoxy groups -OCH3 is 1. The molecule has 17 heavy (non-hydrogen) atoms. The number of halogens is 1. The summed E-state index contributed by atoms with van der Waals surface area (Å²) < 4.78 is 28.8. The molecule has 0 spiro atoms. The second kappa shape index (κ2) is 6.55. The molecule has 0 unspecified atom stereocenters. The van der Waals surface area contributed by atoms with Gasteiger partial charge in [0.1, 0.15) is 5.75 Å². The molecule has 1 rings (SSSR count). The van der Waals surface area contributed by atoms with Crippen LogP contribution in [0.25, 0.3) is 0 Å². The molecule has 0 amide bonds. The van der Waals surface area contributed by atoms with Crippen LogP contribution >= 0.6 is 23.5 Å². The molecule has 96 valence electrons. The minimum absolute atomic E-state index is 0.329. The highest BCUT2D eigenvalue weighted by Gasteiger charge is 2.29. The first-order valence-electron chi connectivity index (χ1n) is 5.30. The van der Waals surface area contributed by atoms with Crippen LogP contribution in [0.1, 0.15) is 13.8 Å². The summed E-state index contributed by atoms with van der Waals surface area (Å²) in [6.45, 7) is 4.22. The van der Waals surface area contributed by atoms with E-state index >= 15 is 0 Å². The van der Waals surface area contributed by atoms with Crippen molar-refractivity contribution in [2.75, 3.05) is 20.3 Å². The maximum absolute atomic E-state index is 12.5. The van der Waals surface area contributed by atoms with Crippen LogP contribution in [-0.4, -0.2) is 20.3 Å². The summed E-state index contributed by atoms with van der Waals surface area (Å²) in [7, 11) is -1.67. The first-order chi connectivity index (χ1) is 8.07. The van der Waals surface area contributed by atoms with E-state index in [1.807, 2.05) is 0 Å². The quantitative estimate of drug-likeness (QED) is 0.753. The van der Waals surface area contributed by atoms with Crippen molar-refractivity contribution in [3.05, 3.63) is 22.7 Å². The monoisotopic (exact) mass is 322 g/mol. The molecule has 0 aliphatic carbocycles. The third-order valence-electron chi connectivity index (χ3n) is 2.05. The van der Waals surface area contributed by atoms with Gasteiger partial charge >= 0.3 is 7.60 Å². The first-order valence-corrected chi connectivity index (χ1v) is 7.64. The zero-order valence-corrected chi connectivity index (χ0v) is 12.6. The van der Waals surface area contributed by atoms with Crippen molar-refractivity contribution in [3.8, 4) is 5.75 Å². The minimum atomic E-state index is -3.24. The van der Waals surface area contributed by atoms with Gasteiger partial charge in [-0.3, -0.25) is 4.57 Å². The van der Waals surface area contributed by atoms with Gasteiger partial charge in [0.25, 0.3) is 0 Å². The Morgan fingerprint density at radius 3 is 2.24 bits per heavy atom. The molecule has 0 atom stereocenters. The molecule has 1 aromatic rings. The fourth-order valence-corrected chi connectivity index (χ4v) is 3.98. The Balaban J connectivity index is 3.15. The summed E-state index contributed by atoms with van der Waals surface area (Å²) in [5.41, 5.74) is 0. The van der Waals surface area contributed by atoms with E-state index < -0.39 is 7.60 Å². The van der Waals surface area contributed by atoms with Gasteiger partial charge in [-0.2, -0.15) is 0 Å². The smallest absolute Gasteiger partial charge is 0.362 e. The maximum atomic E-state index is 12.5. The maximum Gasteiger partial charge on any atom is 0.362 e. The summed E-state index contributed by atoms with van der Waals surface area (Å²) >= 11 is 3.35. The van der Waals surface area contributed by atoms with Gasteiger partial charge in [-0.1, -0.05) is 0 Å². The molecule has 0 aliphatic heterocycles. The van der Waals surface area contributed by atoms with Crippen LogP contribution in [0, 0.1) is 0 Å². The number of ether oxygens (including phenoxy) is 1. The van der Waals surface area contributed by atoms with E-state index in [2.05, 4.69) is 15.9 Å². The average Bonchev–Trinajstić information content (AvgIpc) is 2.29. The minimum Gasteiger partial charge on any atom is -0.497 e. The summed E-state index contributed by atoms with van der Waals surface area (Å²) in [6.07, 6.45) is 0. The fourth-order valence-electron chi connectivity index (χ4n) is 1.35. The molecular weight excluding hydrogens is 307 g/mol. The highest BCUT2D eigenvalue weighted by Crippen LogP contribution is 2.48. The van der Waals surface area contributed by atoms with Gasteiger partial charge < -0.3 is 13.8 Å². The van der Waals surface area contributed by atoms with Crippen molar-refractivity contribution < 1.29 is 18.3 Å². The Labute approximate surface area is 110 Å². The number of benzene rings is 1. The third-order valence-corrected chi connectivity index (χ3v) is 5.19. The Bertz CT molecular complexity index is 412. The predicted octanol–water partition coefficient (Wildman–Crippen LogP) is 3.35. The largest absolute Gasteiger partial charge is 0.497 e. The lowest BCUT2D eigenvalue weighted by molar-refractivity contribution is 0.230. The van der Waals surface area contributed by atoms with Crippen LogP contribution < -0.4 is 10.0 Å². The van der Waals surface area contributed by atoms with Gasteiger partial charge in [0.05, 0.1) is 25.6 Å². The molecule has 0 N–H and O–H groups in total. The molecule has 0 fully saturated rings. The zero-order valence-electron chi connectivity index (χ0n) is 10.1. The standard InChI is InChI=1S/C11H16BrO4P/c1-4-15-17(13,16-5-2)11-7-6-9(14-3)8-10(11)12/h6-8H,4-5H2,1-3H3. The lowest BCUT2D eigenvalue weighted by Crippen LogP contribution is -2.12. The van der Waals surface area contributed by atoms with E-state index in [4.69, 9.17) is 13.8 Å². The van der Waals surface area contributed by atoms with E-state index in [0.717, 1.165) is 0 Å². The molecule has 0 radical (unpaired) electrons. The van der Waals surface area contributed by atoms with E-state index in [0.29, 0.717) is 28.7 Å². The zero-order chi connectivity index (χ0) is 12.9. The second-order valence-corrected chi connectivity index (χ2v) is 6.00. The van der Waals surface area contributed by atoms with Gasteiger partial charge in [0.15, 0.2) is 0 Å². The third kappa shape index (κ3) is 3.55. The molecule has 0 heterocycles. The van der Waals surface area contributed by atoms with Gasteiger partial charge in [0.2, 0.25) is 0 Å². The van der Waals surface area contributed by atoms with E-state index in [1.54, 1.807) is 39.2 Å². The lowest BCUT2D eigenvalue weighted by Gasteiger charge is -2.18. The van der Waals surface area contributed by atoms with Gasteiger partial charge in [-0.15, -0.1) is 0 Å². The number of rotatable bonds is 6. The number of hydrogen-bond donors (Lipinski definition) is 0. The molecule has 0 aromatic heterocycles. The van der Waals surface area contributed by atoms with E-state index in [-0.39, 0.29) is 0 Å². The Morgan fingerprint density at radius 2 is 1.82 bits per heavy atom. The molecule has 0 saturated heterocycles. The van der Waals surface area contributed by atoms with Crippen LogP contribution in [-0.2, 0) is 13.6 Å². The molecule has 6 heteroatoms. The van der Waals surface area contributed by atoms with Gasteiger partial charge in [0, 0.05) is 4.47 Å². The van der Waals surface area contributed by atoms with Crippen molar-refractivity contribution >= 4 is 28.8 Å². The highest BCUT2D eigenvalue weighted by molar-refractivity contribution is 9.10. The average molecular weight is 323 g/mol. The first kappa shape index (κ1) is 14.7. The molecule has 0 bridgehead atoms. The summed E-state index contributed by atoms with van der Waals surface area (Å²) in [5.74, 6) is 0.681. The molecule has 0 saturated carbocycles. The molecule has 4 nitrogen and oxygen atoms in total. The molecular formula is C11H16BrO4P. The van der Waals surface area contributed by atoms with Gasteiger partial charge in [-0.25, -0.2) is 0 Å². The SMILES string of the molecule is CCOP(=O)(OCC)c1ccc(OC)cc1Br. The van der Waals surface area contributed by atoms with Crippen LogP contribution in [0.4, 0.5) is 0 Å². The molecule has 0 aliphatic rings. The normalized spacial score (nSPS) is 11.5. The Hall–Kier alpha value is -0.350. The summed E-state index contributed by atoms with van der Waals surface area (Å²) in [5, 5.41) is 0.516. The summed E-state index contributed by atoms with van der Waals surface area (Å²) in [6, 6.07) is 5.15.